The number of aliphatic hydroxyl groups is 1. The highest BCUT2D eigenvalue weighted by atomic mass is 19.1. The monoisotopic (exact) mass is 492 g/mol. The van der Waals surface area contributed by atoms with Gasteiger partial charge in [-0.05, 0) is 48.9 Å². The molecule has 36 heavy (non-hydrogen) atoms. The molecule has 186 valence electrons. The number of aryl methyl sites for hydroxylation is 1. The van der Waals surface area contributed by atoms with Crippen LogP contribution in [-0.2, 0) is 28.2 Å². The van der Waals surface area contributed by atoms with Crippen molar-refractivity contribution in [2.24, 2.45) is 5.73 Å². The van der Waals surface area contributed by atoms with Gasteiger partial charge in [0, 0.05) is 22.6 Å². The third kappa shape index (κ3) is 2.88. The lowest BCUT2D eigenvalue weighted by atomic mass is 9.81. The van der Waals surface area contributed by atoms with Crippen LogP contribution >= 0.6 is 0 Å². The molecule has 0 spiro atoms. The molecule has 4 N–H and O–H groups in total. The number of amides is 1. The van der Waals surface area contributed by atoms with E-state index in [0.717, 1.165) is 22.1 Å². The summed E-state index contributed by atoms with van der Waals surface area (Å²) in [5.41, 5.74) is 7.56. The topological polar surface area (TPSA) is 137 Å². The second-order valence-electron chi connectivity index (χ2n) is 9.66. The van der Waals surface area contributed by atoms with Crippen molar-refractivity contribution in [1.29, 1.82) is 0 Å². The van der Waals surface area contributed by atoms with Gasteiger partial charge in [0.2, 0.25) is 11.7 Å². The minimum Gasteiger partial charge on any atom is -0.480 e. The van der Waals surface area contributed by atoms with Gasteiger partial charge in [0.1, 0.15) is 5.82 Å². The summed E-state index contributed by atoms with van der Waals surface area (Å²) >= 11 is 0. The number of benzene rings is 1. The fraction of sp³-hybridized carbons (Fsp3) is 0.385. The Labute approximate surface area is 205 Å². The molecule has 10 heteroatoms. The van der Waals surface area contributed by atoms with Gasteiger partial charge >= 0.3 is 0 Å². The molecular formula is C26H25FN4O5. The summed E-state index contributed by atoms with van der Waals surface area (Å²) in [4.78, 5) is 43.1. The van der Waals surface area contributed by atoms with Crippen molar-refractivity contribution in [3.63, 3.8) is 0 Å². The molecule has 0 saturated carbocycles. The molecule has 1 aliphatic carbocycles. The molecular weight excluding hydrogens is 467 g/mol. The van der Waals surface area contributed by atoms with E-state index >= 15 is 0 Å². The van der Waals surface area contributed by atoms with Crippen LogP contribution < -0.4 is 21.3 Å². The first-order valence-corrected chi connectivity index (χ1v) is 12.0. The molecule has 2 aromatic heterocycles. The third-order valence-electron chi connectivity index (χ3n) is 7.88. The largest absolute Gasteiger partial charge is 0.480 e. The van der Waals surface area contributed by atoms with E-state index in [-0.39, 0.29) is 55.2 Å². The Morgan fingerprint density at radius 2 is 2.14 bits per heavy atom. The van der Waals surface area contributed by atoms with Gasteiger partial charge in [-0.3, -0.25) is 19.0 Å². The van der Waals surface area contributed by atoms with Crippen LogP contribution in [-0.4, -0.2) is 39.5 Å². The maximum absolute atomic E-state index is 14.9. The molecule has 0 unspecified atom stereocenters. The lowest BCUT2D eigenvalue weighted by Gasteiger charge is -2.32. The standard InChI is InChI=1S/C26H25FN4O5/c1-3-26(35)14-6-18-23-13(9-31(18)25(34)24(14)36-10-19(26)32)22-16(29-20(33)8-28)5-4-12-11(2)15(27)7-17(30-23)21(12)22/h6-7,16,35H,3-5,8-10,28H2,1-2H3,(H,29,33)/t16-,26-/m0/s1. The van der Waals surface area contributed by atoms with Crippen molar-refractivity contribution in [3.05, 3.63) is 56.1 Å². The minimum absolute atomic E-state index is 0.0516. The van der Waals surface area contributed by atoms with Crippen LogP contribution in [0.25, 0.3) is 22.3 Å². The lowest BCUT2D eigenvalue weighted by molar-refractivity contribution is -0.143. The van der Waals surface area contributed by atoms with E-state index in [1.165, 1.54) is 10.6 Å². The Morgan fingerprint density at radius 1 is 1.36 bits per heavy atom. The Kier molecular flexibility index (Phi) is 4.87. The van der Waals surface area contributed by atoms with Crippen LogP contribution in [0.3, 0.4) is 0 Å². The summed E-state index contributed by atoms with van der Waals surface area (Å²) in [5, 5.41) is 14.9. The normalized spacial score (nSPS) is 21.6. The zero-order valence-corrected chi connectivity index (χ0v) is 19.9. The molecule has 0 fully saturated rings. The molecule has 6 rings (SSSR count). The number of rotatable bonds is 3. The number of nitrogens with two attached hydrogens (primary N) is 1. The van der Waals surface area contributed by atoms with Crippen LogP contribution in [0.1, 0.15) is 53.6 Å². The number of hydrogen-bond acceptors (Lipinski definition) is 7. The maximum atomic E-state index is 14.9. The van der Waals surface area contributed by atoms with E-state index in [1.807, 2.05) is 0 Å². The Hall–Kier alpha value is -3.63. The van der Waals surface area contributed by atoms with Gasteiger partial charge in [-0.1, -0.05) is 6.92 Å². The van der Waals surface area contributed by atoms with Crippen molar-refractivity contribution < 1.29 is 23.8 Å². The predicted octanol–water partition coefficient (Wildman–Crippen LogP) is 1.49. The number of Topliss-reactive ketones (excluding diaryl/α,β-unsaturated/α-hetero) is 1. The number of halogens is 1. The number of hydrogen-bond donors (Lipinski definition) is 3. The SMILES string of the molecule is CC[C@@]1(O)C(=O)COc2c1cc1n(c2=O)Cc2c-1nc1cc(F)c(C)c3c1c2[C@@H](NC(=O)CN)CC3. The fourth-order valence-electron chi connectivity index (χ4n) is 5.92. The summed E-state index contributed by atoms with van der Waals surface area (Å²) in [5.74, 6) is -1.26. The van der Waals surface area contributed by atoms with Gasteiger partial charge in [-0.2, -0.15) is 0 Å². The van der Waals surface area contributed by atoms with Gasteiger partial charge in [-0.15, -0.1) is 0 Å². The van der Waals surface area contributed by atoms with Gasteiger partial charge in [-0.25, -0.2) is 9.37 Å². The fourth-order valence-corrected chi connectivity index (χ4v) is 5.92. The maximum Gasteiger partial charge on any atom is 0.294 e. The van der Waals surface area contributed by atoms with E-state index in [9.17, 15) is 23.9 Å². The van der Waals surface area contributed by atoms with E-state index in [1.54, 1.807) is 19.9 Å². The van der Waals surface area contributed by atoms with Crippen LogP contribution in [0.15, 0.2) is 16.9 Å². The number of pyridine rings is 2. The average molecular weight is 493 g/mol. The van der Waals surface area contributed by atoms with E-state index in [0.29, 0.717) is 35.3 Å². The predicted molar refractivity (Wildman–Crippen MR) is 128 cm³/mol. The molecule has 9 nitrogen and oxygen atoms in total. The number of carbonyl (C=O) groups excluding carboxylic acids is 2. The first kappa shape index (κ1) is 22.8. The first-order chi connectivity index (χ1) is 17.2. The highest BCUT2D eigenvalue weighted by Gasteiger charge is 2.45. The molecule has 2 aliphatic heterocycles. The molecule has 4 heterocycles. The zero-order chi connectivity index (χ0) is 25.5. The first-order valence-electron chi connectivity index (χ1n) is 12.0. The van der Waals surface area contributed by atoms with Crippen LogP contribution in [0, 0.1) is 12.7 Å². The van der Waals surface area contributed by atoms with Crippen molar-refractivity contribution in [2.75, 3.05) is 13.2 Å². The smallest absolute Gasteiger partial charge is 0.294 e. The van der Waals surface area contributed by atoms with Gasteiger partial charge in [0.15, 0.2) is 18.0 Å². The van der Waals surface area contributed by atoms with Crippen LogP contribution in [0.4, 0.5) is 4.39 Å². The van der Waals surface area contributed by atoms with Crippen molar-refractivity contribution >= 4 is 22.6 Å². The number of fused-ring (bicyclic) bond motifs is 5. The number of ketones is 1. The van der Waals surface area contributed by atoms with Gasteiger partial charge in [0.25, 0.3) is 5.56 Å². The summed E-state index contributed by atoms with van der Waals surface area (Å²) in [6, 6.07) is 2.57. The number of carbonyl (C=O) groups is 2. The average Bonchev–Trinajstić information content (AvgIpc) is 3.24. The molecule has 3 aromatic rings. The number of ether oxygens (including phenoxy) is 1. The van der Waals surface area contributed by atoms with Gasteiger partial charge < -0.3 is 20.9 Å². The molecule has 1 amide bonds. The quantitative estimate of drug-likeness (QED) is 0.394. The van der Waals surface area contributed by atoms with Crippen molar-refractivity contribution in [3.8, 4) is 17.1 Å². The second kappa shape index (κ2) is 7.68. The summed E-state index contributed by atoms with van der Waals surface area (Å²) in [6.45, 7) is 3.00. The molecule has 0 saturated heterocycles. The van der Waals surface area contributed by atoms with Crippen LogP contribution in [0.2, 0.25) is 0 Å². The number of nitrogens with one attached hydrogen (secondary N) is 1. The van der Waals surface area contributed by atoms with E-state index in [4.69, 9.17) is 15.5 Å². The highest BCUT2D eigenvalue weighted by Crippen LogP contribution is 2.46. The summed E-state index contributed by atoms with van der Waals surface area (Å²) in [7, 11) is 0. The van der Waals surface area contributed by atoms with E-state index in [2.05, 4.69) is 5.32 Å². The third-order valence-corrected chi connectivity index (χ3v) is 7.88. The lowest BCUT2D eigenvalue weighted by Crippen LogP contribution is -2.45. The number of nitrogens with zero attached hydrogens (tertiary/aromatic N) is 2. The summed E-state index contributed by atoms with van der Waals surface area (Å²) < 4.78 is 21.9. The molecule has 0 bridgehead atoms. The molecule has 1 aromatic carbocycles. The Morgan fingerprint density at radius 3 is 2.86 bits per heavy atom. The summed E-state index contributed by atoms with van der Waals surface area (Å²) in [6.07, 6.45) is 1.18. The van der Waals surface area contributed by atoms with Crippen molar-refractivity contribution in [2.45, 2.75) is 51.3 Å². The van der Waals surface area contributed by atoms with E-state index < -0.39 is 16.9 Å². The minimum atomic E-state index is -1.84. The van der Waals surface area contributed by atoms with Gasteiger partial charge in [0.05, 0.1) is 36.0 Å². The van der Waals surface area contributed by atoms with Crippen molar-refractivity contribution in [1.82, 2.24) is 14.9 Å². The zero-order valence-electron chi connectivity index (χ0n) is 19.9. The molecule has 0 radical (unpaired) electrons. The van der Waals surface area contributed by atoms with Crippen LogP contribution in [0.5, 0.6) is 5.75 Å². The Bertz CT molecular complexity index is 1580. The number of aromatic nitrogens is 2. The Balaban J connectivity index is 1.66. The second-order valence-corrected chi connectivity index (χ2v) is 9.66. The molecule has 3 aliphatic rings. The molecule has 2 atom stereocenters. The highest BCUT2D eigenvalue weighted by molar-refractivity contribution is 5.95.